The molecular formula is C21H22N2O4S. The van der Waals surface area contributed by atoms with E-state index in [2.05, 4.69) is 5.32 Å². The number of rotatable bonds is 5. The normalized spacial score (nSPS) is 15.4. The number of likely N-dealkylation sites (N-methyl/N-ethyl adjacent to an activating group) is 1. The third kappa shape index (κ3) is 4.72. The first-order chi connectivity index (χ1) is 13.3. The molecule has 1 unspecified atom stereocenters. The Hall–Kier alpha value is -2.80. The molecule has 146 valence electrons. The molecule has 1 aliphatic heterocycles. The number of esters is 1. The lowest BCUT2D eigenvalue weighted by Gasteiger charge is -2.21. The molecule has 1 heterocycles. The van der Waals surface area contributed by atoms with E-state index < -0.39 is 5.97 Å². The fourth-order valence-electron chi connectivity index (χ4n) is 2.71. The molecule has 1 aliphatic rings. The van der Waals surface area contributed by atoms with E-state index >= 15 is 0 Å². The highest BCUT2D eigenvalue weighted by Crippen LogP contribution is 2.36. The molecule has 0 aliphatic carbocycles. The van der Waals surface area contributed by atoms with Gasteiger partial charge in [-0.2, -0.15) is 0 Å². The maximum Gasteiger partial charge on any atom is 0.338 e. The van der Waals surface area contributed by atoms with E-state index in [0.29, 0.717) is 17.8 Å². The number of ether oxygens (including phenoxy) is 1. The van der Waals surface area contributed by atoms with Gasteiger partial charge in [0, 0.05) is 18.5 Å². The number of nitrogens with one attached hydrogen (secondary N) is 1. The lowest BCUT2D eigenvalue weighted by atomic mass is 10.1. The van der Waals surface area contributed by atoms with Crippen LogP contribution in [0.1, 0.15) is 28.4 Å². The van der Waals surface area contributed by atoms with Crippen LogP contribution in [-0.4, -0.2) is 41.6 Å². The number of nitrogens with zero attached hydrogens (tertiary/aromatic N) is 1. The summed E-state index contributed by atoms with van der Waals surface area (Å²) in [5.41, 5.74) is 3.04. The minimum atomic E-state index is -0.599. The predicted octanol–water partition coefficient (Wildman–Crippen LogP) is 3.24. The summed E-state index contributed by atoms with van der Waals surface area (Å²) in [5.74, 6) is -0.988. The fraction of sp³-hybridized carbons (Fsp3) is 0.286. The molecule has 2 aromatic rings. The number of benzene rings is 2. The van der Waals surface area contributed by atoms with Gasteiger partial charge in [-0.25, -0.2) is 4.79 Å². The minimum Gasteiger partial charge on any atom is -0.452 e. The zero-order valence-electron chi connectivity index (χ0n) is 16.0. The van der Waals surface area contributed by atoms with E-state index in [9.17, 15) is 14.4 Å². The molecule has 2 aromatic carbocycles. The molecule has 28 heavy (non-hydrogen) atoms. The zero-order valence-corrected chi connectivity index (χ0v) is 16.8. The second kappa shape index (κ2) is 8.48. The van der Waals surface area contributed by atoms with Gasteiger partial charge in [-0.1, -0.05) is 29.8 Å². The number of thioether (sulfide) groups is 1. The van der Waals surface area contributed by atoms with E-state index in [1.165, 1.54) is 16.7 Å². The van der Waals surface area contributed by atoms with Gasteiger partial charge in [-0.15, -0.1) is 11.8 Å². The summed E-state index contributed by atoms with van der Waals surface area (Å²) in [7, 11) is 1.67. The predicted molar refractivity (Wildman–Crippen MR) is 108 cm³/mol. The Labute approximate surface area is 168 Å². The number of hydrogen-bond acceptors (Lipinski definition) is 5. The van der Waals surface area contributed by atoms with Gasteiger partial charge >= 0.3 is 5.97 Å². The minimum absolute atomic E-state index is 0.101. The first kappa shape index (κ1) is 19.9. The SMILES string of the molecule is Cc1ccc(CN(C)C(=O)COC(=O)c2ccc3c(c2)NC(=O)C(C)S3)cc1. The maximum absolute atomic E-state index is 12.3. The third-order valence-corrected chi connectivity index (χ3v) is 5.62. The van der Waals surface area contributed by atoms with Gasteiger partial charge in [0.15, 0.2) is 6.61 Å². The van der Waals surface area contributed by atoms with Crippen molar-refractivity contribution in [2.45, 2.75) is 30.5 Å². The average Bonchev–Trinajstić information content (AvgIpc) is 2.68. The van der Waals surface area contributed by atoms with Gasteiger partial charge in [0.25, 0.3) is 5.91 Å². The highest BCUT2D eigenvalue weighted by Gasteiger charge is 2.24. The average molecular weight is 398 g/mol. The number of amides is 2. The number of fused-ring (bicyclic) bond motifs is 1. The molecule has 0 radical (unpaired) electrons. The van der Waals surface area contributed by atoms with Crippen molar-refractivity contribution in [3.8, 4) is 0 Å². The van der Waals surface area contributed by atoms with Crippen LogP contribution >= 0.6 is 11.8 Å². The Morgan fingerprint density at radius 3 is 2.61 bits per heavy atom. The van der Waals surface area contributed by atoms with Gasteiger partial charge in [0.1, 0.15) is 0 Å². The van der Waals surface area contributed by atoms with Crippen LogP contribution in [0, 0.1) is 6.92 Å². The van der Waals surface area contributed by atoms with Crippen LogP contribution in [-0.2, 0) is 20.9 Å². The molecule has 2 amide bonds. The molecule has 0 fully saturated rings. The Kier molecular flexibility index (Phi) is 6.04. The molecule has 0 bridgehead atoms. The van der Waals surface area contributed by atoms with Crippen molar-refractivity contribution in [2.75, 3.05) is 19.0 Å². The lowest BCUT2D eigenvalue weighted by molar-refractivity contribution is -0.133. The van der Waals surface area contributed by atoms with Crippen molar-refractivity contribution < 1.29 is 19.1 Å². The summed E-state index contributed by atoms with van der Waals surface area (Å²) in [6, 6.07) is 12.9. The van der Waals surface area contributed by atoms with Crippen molar-refractivity contribution in [3.05, 3.63) is 59.2 Å². The van der Waals surface area contributed by atoms with Crippen molar-refractivity contribution >= 4 is 35.2 Å². The second-order valence-corrected chi connectivity index (χ2v) is 8.15. The first-order valence-corrected chi connectivity index (χ1v) is 9.79. The molecule has 7 heteroatoms. The van der Waals surface area contributed by atoms with Gasteiger partial charge in [-0.05, 0) is 37.6 Å². The quantitative estimate of drug-likeness (QED) is 0.783. The largest absolute Gasteiger partial charge is 0.452 e. The summed E-state index contributed by atoms with van der Waals surface area (Å²) < 4.78 is 5.16. The monoisotopic (exact) mass is 398 g/mol. The van der Waals surface area contributed by atoms with Gasteiger partial charge in [-0.3, -0.25) is 9.59 Å². The van der Waals surface area contributed by atoms with Crippen LogP contribution in [0.25, 0.3) is 0 Å². The van der Waals surface area contributed by atoms with Gasteiger partial charge < -0.3 is 15.0 Å². The van der Waals surface area contributed by atoms with E-state index in [1.807, 2.05) is 38.1 Å². The summed E-state index contributed by atoms with van der Waals surface area (Å²) in [5, 5.41) is 2.60. The smallest absolute Gasteiger partial charge is 0.338 e. The van der Waals surface area contributed by atoms with Crippen LogP contribution in [0.15, 0.2) is 47.4 Å². The highest BCUT2D eigenvalue weighted by molar-refractivity contribution is 8.00. The van der Waals surface area contributed by atoms with Crippen LogP contribution in [0.2, 0.25) is 0 Å². The molecule has 0 spiro atoms. The number of hydrogen-bond donors (Lipinski definition) is 1. The third-order valence-electron chi connectivity index (χ3n) is 4.44. The standard InChI is InChI=1S/C21H22N2O4S/c1-13-4-6-15(7-5-13)11-23(3)19(24)12-27-21(26)16-8-9-18-17(10-16)22-20(25)14(2)28-18/h4-10,14H,11-12H2,1-3H3,(H,22,25). The number of carbonyl (C=O) groups is 3. The molecule has 1 N–H and O–H groups in total. The molecule has 3 rings (SSSR count). The van der Waals surface area contributed by atoms with Gasteiger partial charge in [0.2, 0.25) is 5.91 Å². The molecule has 0 saturated carbocycles. The van der Waals surface area contributed by atoms with Crippen LogP contribution in [0.4, 0.5) is 5.69 Å². The van der Waals surface area contributed by atoms with E-state index in [-0.39, 0.29) is 23.7 Å². The first-order valence-electron chi connectivity index (χ1n) is 8.91. The molecule has 1 atom stereocenters. The molecule has 6 nitrogen and oxygen atoms in total. The maximum atomic E-state index is 12.3. The summed E-state index contributed by atoms with van der Waals surface area (Å²) in [4.78, 5) is 38.8. The van der Waals surface area contributed by atoms with Crippen molar-refractivity contribution in [2.24, 2.45) is 0 Å². The van der Waals surface area contributed by atoms with E-state index in [4.69, 9.17) is 4.74 Å². The fourth-order valence-corrected chi connectivity index (χ4v) is 3.64. The topological polar surface area (TPSA) is 75.7 Å². The Morgan fingerprint density at radius 2 is 1.89 bits per heavy atom. The van der Waals surface area contributed by atoms with E-state index in [0.717, 1.165) is 16.0 Å². The Bertz CT molecular complexity index is 911. The van der Waals surface area contributed by atoms with Crippen LogP contribution < -0.4 is 5.32 Å². The van der Waals surface area contributed by atoms with Crippen molar-refractivity contribution in [1.29, 1.82) is 0 Å². The Morgan fingerprint density at radius 1 is 1.18 bits per heavy atom. The number of anilines is 1. The van der Waals surface area contributed by atoms with Crippen molar-refractivity contribution in [1.82, 2.24) is 4.90 Å². The highest BCUT2D eigenvalue weighted by atomic mass is 32.2. The molecular weight excluding hydrogens is 376 g/mol. The summed E-state index contributed by atoms with van der Waals surface area (Å²) in [6.07, 6.45) is 0. The zero-order chi connectivity index (χ0) is 20.3. The Balaban J connectivity index is 1.56. The molecule has 0 saturated heterocycles. The lowest BCUT2D eigenvalue weighted by Crippen LogP contribution is -2.31. The number of carbonyl (C=O) groups excluding carboxylic acids is 3. The molecule has 0 aromatic heterocycles. The van der Waals surface area contributed by atoms with E-state index in [1.54, 1.807) is 25.2 Å². The second-order valence-electron chi connectivity index (χ2n) is 6.77. The van der Waals surface area contributed by atoms with Crippen LogP contribution in [0.5, 0.6) is 0 Å². The van der Waals surface area contributed by atoms with Gasteiger partial charge in [0.05, 0.1) is 16.5 Å². The van der Waals surface area contributed by atoms with Crippen molar-refractivity contribution in [3.63, 3.8) is 0 Å². The van der Waals surface area contributed by atoms with Crippen LogP contribution in [0.3, 0.4) is 0 Å². The summed E-state index contributed by atoms with van der Waals surface area (Å²) in [6.45, 7) is 3.93. The number of aryl methyl sites for hydroxylation is 1. The summed E-state index contributed by atoms with van der Waals surface area (Å²) >= 11 is 1.44.